The van der Waals surface area contributed by atoms with E-state index < -0.39 is 276 Å². The third kappa shape index (κ3) is 22.1. The van der Waals surface area contributed by atoms with Gasteiger partial charge in [0.15, 0.2) is 0 Å². The van der Waals surface area contributed by atoms with Gasteiger partial charge in [0.1, 0.15) is 0 Å². The van der Waals surface area contributed by atoms with Gasteiger partial charge >= 0.3 is 224 Å². The fourth-order valence-electron chi connectivity index (χ4n) is 9.20. The van der Waals surface area contributed by atoms with Crippen LogP contribution in [-0.2, 0) is 53.1 Å². The van der Waals surface area contributed by atoms with Gasteiger partial charge in [0, 0.05) is 137 Å². The van der Waals surface area contributed by atoms with Crippen molar-refractivity contribution in [3.8, 4) is 0 Å². The highest BCUT2D eigenvalue weighted by Gasteiger charge is 3.01. The molecule has 0 bridgehead atoms. The van der Waals surface area contributed by atoms with E-state index in [9.17, 15) is 299 Å². The van der Waals surface area contributed by atoms with Gasteiger partial charge in [0.25, 0.3) is 0 Å². The van der Waals surface area contributed by atoms with Crippen LogP contribution < -0.4 is 0 Å². The zero-order valence-electron chi connectivity index (χ0n) is 66.3. The van der Waals surface area contributed by atoms with Crippen molar-refractivity contribution < 1.29 is 352 Å². The molecule has 136 heavy (non-hydrogen) atoms. The van der Waals surface area contributed by atoms with Crippen molar-refractivity contribution in [3.63, 3.8) is 0 Å². The van der Waals surface area contributed by atoms with E-state index in [1.807, 2.05) is 0 Å². The van der Waals surface area contributed by atoms with E-state index in [0.29, 0.717) is 0 Å². The molecule has 0 aliphatic heterocycles. The van der Waals surface area contributed by atoms with Crippen molar-refractivity contribution in [1.82, 2.24) is 0 Å². The summed E-state index contributed by atoms with van der Waals surface area (Å²) in [5.74, 6) is -190. The zero-order chi connectivity index (χ0) is 112. The highest BCUT2D eigenvalue weighted by Crippen LogP contribution is 2.70. The highest BCUT2D eigenvalue weighted by atomic mass is 28.4. The molecular formula is C52H52F68O12Si4. The first-order valence-electron chi connectivity index (χ1n) is 32.0. The summed E-state index contributed by atoms with van der Waals surface area (Å²) in [6.45, 7) is 0. The number of hydrogen-bond donors (Lipinski definition) is 0. The summed E-state index contributed by atoms with van der Waals surface area (Å²) in [5, 5.41) is 0. The van der Waals surface area contributed by atoms with Crippen molar-refractivity contribution in [1.29, 1.82) is 0 Å². The van der Waals surface area contributed by atoms with Crippen LogP contribution in [0.5, 0.6) is 0 Å². The molecule has 0 aliphatic carbocycles. The molecule has 0 aromatic heterocycles. The predicted octanol–water partition coefficient (Wildman–Crippen LogP) is 24.8. The summed E-state index contributed by atoms with van der Waals surface area (Å²) in [4.78, 5) is 0. The molecule has 0 spiro atoms. The van der Waals surface area contributed by atoms with Gasteiger partial charge in [0.05, 0.1) is 0 Å². The SMILES string of the molecule is CO[Si](OC)(OC)C(F)(F)C(F)(F)C(F)(F)C(F)(F)C(F)(F)C(F)(F)C(F)(F)CCC(F)(F)F.CO[Si](OC)(OC)C(F)(F)C(F)(F)C(F)(F)C(F)(F)C(F)(F)C(F)(F)C(F)(F)CCC(F)(F)F.CO[Si](OC)(OC)C(F)(F)C(F)(F)C(F)(F)C(F)(F)C(F)(F)C(F)(F)C(F)(F)CCC(F)(F)F.CO[Si](OC)(OC)C(F)(F)C(F)(F)C(F)(F)C(F)(F)C(F)(F)C(F)(F)C(F)(F)CCC(F)(F)F. The van der Waals surface area contributed by atoms with Crippen molar-refractivity contribution >= 4 is 35.2 Å². The molecule has 0 amide bonds. The Morgan fingerprint density at radius 1 is 0.110 bits per heavy atom. The lowest BCUT2D eigenvalue weighted by Gasteiger charge is -2.44. The van der Waals surface area contributed by atoms with Gasteiger partial charge in [-0.1, -0.05) is 0 Å². The molecule has 0 fully saturated rings. The smallest absolute Gasteiger partial charge is 0.373 e. The zero-order valence-corrected chi connectivity index (χ0v) is 70.3. The molecular weight excluding hydrogens is 2220 g/mol. The Morgan fingerprint density at radius 2 is 0.184 bits per heavy atom. The lowest BCUT2D eigenvalue weighted by Crippen LogP contribution is -2.77. The highest BCUT2D eigenvalue weighted by molar-refractivity contribution is 6.65. The Labute approximate surface area is 712 Å². The van der Waals surface area contributed by atoms with Crippen LogP contribution in [0.15, 0.2) is 0 Å². The van der Waals surface area contributed by atoms with Gasteiger partial charge in [-0.15, -0.1) is 0 Å². The maximum absolute atomic E-state index is 14.1. The van der Waals surface area contributed by atoms with Gasteiger partial charge in [-0.2, -0.15) is 299 Å². The molecule has 0 aromatic carbocycles. The van der Waals surface area contributed by atoms with Crippen LogP contribution in [0.4, 0.5) is 299 Å². The molecule has 0 saturated heterocycles. The van der Waals surface area contributed by atoms with Gasteiger partial charge in [-0.3, -0.25) is 0 Å². The van der Waals surface area contributed by atoms with Crippen LogP contribution in [-0.4, -0.2) is 310 Å². The van der Waals surface area contributed by atoms with Crippen molar-refractivity contribution in [2.75, 3.05) is 85.3 Å². The average molecular weight is 2270 g/mol. The molecule has 12 nitrogen and oxygen atoms in total. The van der Waals surface area contributed by atoms with Gasteiger partial charge in [-0.25, -0.2) is 0 Å². The summed E-state index contributed by atoms with van der Waals surface area (Å²) < 4.78 is 957. The summed E-state index contributed by atoms with van der Waals surface area (Å²) in [6.07, 6.45) is -48.8. The first kappa shape index (κ1) is 138. The predicted molar refractivity (Wildman–Crippen MR) is 307 cm³/mol. The van der Waals surface area contributed by atoms with Gasteiger partial charge in [-0.05, 0) is 0 Å². The lowest BCUT2D eigenvalue weighted by molar-refractivity contribution is -0.438. The molecule has 0 atom stereocenters. The van der Waals surface area contributed by atoms with Crippen LogP contribution >= 0.6 is 0 Å². The molecule has 0 heterocycles. The fourth-order valence-corrected chi connectivity index (χ4v) is 16.4. The molecule has 0 saturated carbocycles. The second kappa shape index (κ2) is 40.9. The Hall–Kier alpha value is -4.37. The van der Waals surface area contributed by atoms with E-state index in [0.717, 1.165) is 0 Å². The van der Waals surface area contributed by atoms with E-state index in [4.69, 9.17) is 0 Å². The summed E-state index contributed by atoms with van der Waals surface area (Å²) in [6, 6.07) is 0. The minimum atomic E-state index is -8.44. The largest absolute Gasteiger partial charge is 0.581 e. The standard InChI is InChI=1S/4C13H13F17O3Si/c4*1-31-34(32-2,33-3)13(29,30)12(27,28)11(25,26)10(23,24)9(21,22)8(19,20)6(14,15)4-5-7(16,17)18/h4*4-5H2,1-3H3. The van der Waals surface area contributed by atoms with Crippen molar-refractivity contribution in [2.45, 2.75) is 240 Å². The number of rotatable bonds is 48. The topological polar surface area (TPSA) is 111 Å². The second-order valence-electron chi connectivity index (χ2n) is 25.7. The third-order valence-corrected chi connectivity index (χ3v) is 28.2. The molecule has 0 aromatic rings. The average Bonchev–Trinajstić information content (AvgIpc) is 0.702. The molecule has 0 radical (unpaired) electrons. The molecule has 0 N–H and O–H groups in total. The summed E-state index contributed by atoms with van der Waals surface area (Å²) >= 11 is 0. The maximum atomic E-state index is 14.1. The van der Waals surface area contributed by atoms with Gasteiger partial charge in [0.2, 0.25) is 0 Å². The number of halogens is 68. The maximum Gasteiger partial charge on any atom is 0.581 e. The van der Waals surface area contributed by atoms with E-state index in [1.165, 1.54) is 0 Å². The van der Waals surface area contributed by atoms with Crippen LogP contribution in [0.2, 0.25) is 0 Å². The first-order chi connectivity index (χ1) is 58.6. The van der Waals surface area contributed by atoms with Crippen LogP contribution in [0.3, 0.4) is 0 Å². The third-order valence-electron chi connectivity index (χ3n) is 17.4. The lowest BCUT2D eigenvalue weighted by atomic mass is 9.90. The summed E-state index contributed by atoms with van der Waals surface area (Å²) in [7, 11) is -25.8. The van der Waals surface area contributed by atoms with Crippen LogP contribution in [0, 0.1) is 0 Å². The monoisotopic (exact) mass is 2270 g/mol. The van der Waals surface area contributed by atoms with E-state index in [2.05, 4.69) is 53.1 Å². The summed E-state index contributed by atoms with van der Waals surface area (Å²) in [5.41, 5.74) is -27.2. The molecule has 84 heteroatoms. The normalized spacial score (nSPS) is 16.2. The van der Waals surface area contributed by atoms with Crippen molar-refractivity contribution in [2.24, 2.45) is 0 Å². The molecule has 0 rings (SSSR count). The van der Waals surface area contributed by atoms with Crippen LogP contribution in [0.1, 0.15) is 51.4 Å². The Balaban J connectivity index is -0.000000854. The quantitative estimate of drug-likeness (QED) is 0.0427. The van der Waals surface area contributed by atoms with E-state index in [1.54, 1.807) is 0 Å². The minimum Gasteiger partial charge on any atom is -0.373 e. The van der Waals surface area contributed by atoms with Gasteiger partial charge < -0.3 is 53.1 Å². The Morgan fingerprint density at radius 3 is 0.257 bits per heavy atom. The molecule has 0 aliphatic rings. The van der Waals surface area contributed by atoms with E-state index in [-0.39, 0.29) is 85.3 Å². The number of hydrogen-bond acceptors (Lipinski definition) is 12. The minimum absolute atomic E-state index is 0.0312. The van der Waals surface area contributed by atoms with Crippen molar-refractivity contribution in [3.05, 3.63) is 0 Å². The molecule has 824 valence electrons. The molecule has 0 unspecified atom stereocenters. The fraction of sp³-hybridized carbons (Fsp3) is 1.00. The number of alkyl halides is 68. The second-order valence-corrected chi connectivity index (χ2v) is 37.6. The Kier molecular flexibility index (Phi) is 41.5. The Bertz CT molecular complexity index is 3240. The van der Waals surface area contributed by atoms with Crippen LogP contribution in [0.25, 0.3) is 0 Å². The first-order valence-corrected chi connectivity index (χ1v) is 38.9. The van der Waals surface area contributed by atoms with E-state index >= 15 is 0 Å².